The molecule has 0 fully saturated rings. The predicted octanol–water partition coefficient (Wildman–Crippen LogP) is 8.01. The molecule has 3 aromatic carbocycles. The summed E-state index contributed by atoms with van der Waals surface area (Å²) in [6.45, 7) is 5.13. The summed E-state index contributed by atoms with van der Waals surface area (Å²) in [5.41, 5.74) is 5.92. The molecule has 204 valence electrons. The average molecular weight is 545 g/mol. The van der Waals surface area contributed by atoms with E-state index in [0.29, 0.717) is 30.3 Å². The van der Waals surface area contributed by atoms with Crippen LogP contribution in [0.4, 0.5) is 30.5 Å². The van der Waals surface area contributed by atoms with Gasteiger partial charge in [-0.05, 0) is 85.1 Å². The quantitative estimate of drug-likeness (QED) is 0.203. The number of hydrogen-bond donors (Lipinski definition) is 1. The molecule has 0 aliphatic heterocycles. The van der Waals surface area contributed by atoms with Crippen molar-refractivity contribution < 1.29 is 22.3 Å². The molecular formula is C31H27F3N4O2. The molecule has 0 amide bonds. The molecule has 1 N–H and O–H groups in total. The van der Waals surface area contributed by atoms with Gasteiger partial charge < -0.3 is 14.5 Å². The van der Waals surface area contributed by atoms with Crippen LogP contribution in [0.3, 0.4) is 0 Å². The lowest BCUT2D eigenvalue weighted by Gasteiger charge is -2.26. The lowest BCUT2D eigenvalue weighted by molar-refractivity contribution is -0.274. The summed E-state index contributed by atoms with van der Waals surface area (Å²) in [4.78, 5) is 11.5. The molecule has 0 saturated carbocycles. The highest BCUT2D eigenvalue weighted by molar-refractivity contribution is 5.76. The Morgan fingerprint density at radius 1 is 0.875 bits per heavy atom. The number of ether oxygens (including phenoxy) is 1. The van der Waals surface area contributed by atoms with Gasteiger partial charge in [-0.1, -0.05) is 30.3 Å². The molecule has 5 aromatic rings. The Labute approximate surface area is 230 Å². The maximum absolute atomic E-state index is 12.6. The molecule has 2 heterocycles. The van der Waals surface area contributed by atoms with E-state index in [0.717, 1.165) is 33.8 Å². The first-order valence-corrected chi connectivity index (χ1v) is 12.6. The Kier molecular flexibility index (Phi) is 7.84. The van der Waals surface area contributed by atoms with Crippen molar-refractivity contribution in [1.29, 1.82) is 0 Å². The normalized spacial score (nSPS) is 11.4. The Morgan fingerprint density at radius 2 is 1.65 bits per heavy atom. The van der Waals surface area contributed by atoms with Gasteiger partial charge in [0.15, 0.2) is 0 Å². The summed E-state index contributed by atoms with van der Waals surface area (Å²) in [7, 11) is 0. The van der Waals surface area contributed by atoms with Gasteiger partial charge in [0.1, 0.15) is 11.5 Å². The van der Waals surface area contributed by atoms with E-state index in [1.54, 1.807) is 24.6 Å². The lowest BCUT2D eigenvalue weighted by Crippen LogP contribution is -2.17. The Morgan fingerprint density at radius 3 is 2.35 bits per heavy atom. The first-order chi connectivity index (χ1) is 19.3. The highest BCUT2D eigenvalue weighted by Crippen LogP contribution is 2.36. The molecule has 0 spiro atoms. The third-order valence-corrected chi connectivity index (χ3v) is 6.26. The number of rotatable bonds is 9. The Hall–Kier alpha value is -4.63. The molecule has 0 bridgehead atoms. The van der Waals surface area contributed by atoms with E-state index < -0.39 is 6.36 Å². The van der Waals surface area contributed by atoms with Gasteiger partial charge in [-0.2, -0.15) is 0 Å². The highest BCUT2D eigenvalue weighted by Gasteiger charge is 2.31. The number of benzene rings is 3. The zero-order chi connectivity index (χ0) is 28.1. The molecule has 0 aliphatic rings. The second kappa shape index (κ2) is 11.6. The molecule has 40 heavy (non-hydrogen) atoms. The maximum atomic E-state index is 12.6. The van der Waals surface area contributed by atoms with Gasteiger partial charge in [-0.15, -0.1) is 13.2 Å². The Bertz CT molecular complexity index is 1550. The zero-order valence-electron chi connectivity index (χ0n) is 21.9. The number of para-hydroxylation sites is 1. The average Bonchev–Trinajstić information content (AvgIpc) is 3.45. The van der Waals surface area contributed by atoms with Gasteiger partial charge >= 0.3 is 6.36 Å². The van der Waals surface area contributed by atoms with Crippen molar-refractivity contribution in [2.45, 2.75) is 33.3 Å². The van der Waals surface area contributed by atoms with Crippen LogP contribution in [0.15, 0.2) is 102 Å². The smallest absolute Gasteiger partial charge is 0.468 e. The maximum Gasteiger partial charge on any atom is 0.573 e. The van der Waals surface area contributed by atoms with Crippen molar-refractivity contribution in [3.8, 4) is 17.0 Å². The number of nitrogens with one attached hydrogen (secondary N) is 1. The zero-order valence-corrected chi connectivity index (χ0v) is 21.9. The summed E-state index contributed by atoms with van der Waals surface area (Å²) in [6.07, 6.45) is -1.38. The fourth-order valence-electron chi connectivity index (χ4n) is 4.34. The number of hydrogen-bond acceptors (Lipinski definition) is 6. The van der Waals surface area contributed by atoms with Gasteiger partial charge in [0.2, 0.25) is 5.95 Å². The second-order valence-electron chi connectivity index (χ2n) is 9.25. The standard InChI is InChI=1S/C31H27F3N4O2/c1-21-10-11-23(19-35-20-27-9-6-16-39-27)17-28(21)38(25-7-4-3-5-8-25)30-36-18-22(2)29(37-30)24-12-14-26(15-13-24)40-31(32,33)34/h3-18,35H,19-20H2,1-2H3. The van der Waals surface area contributed by atoms with Gasteiger partial charge in [0, 0.05) is 24.0 Å². The topological polar surface area (TPSA) is 63.4 Å². The Balaban J connectivity index is 1.50. The second-order valence-corrected chi connectivity index (χ2v) is 9.25. The lowest BCUT2D eigenvalue weighted by atomic mass is 10.1. The van der Waals surface area contributed by atoms with Gasteiger partial charge in [-0.3, -0.25) is 4.90 Å². The first kappa shape index (κ1) is 27.0. The number of nitrogens with zero attached hydrogens (tertiary/aromatic N) is 3. The molecule has 0 saturated heterocycles. The molecule has 0 unspecified atom stereocenters. The number of aromatic nitrogens is 2. The number of alkyl halides is 3. The van der Waals surface area contributed by atoms with E-state index in [4.69, 9.17) is 9.40 Å². The predicted molar refractivity (Wildman–Crippen MR) is 148 cm³/mol. The molecule has 6 nitrogen and oxygen atoms in total. The van der Waals surface area contributed by atoms with E-state index in [1.807, 2.05) is 61.2 Å². The van der Waals surface area contributed by atoms with Crippen LogP contribution >= 0.6 is 0 Å². The summed E-state index contributed by atoms with van der Waals surface area (Å²) in [5.74, 6) is 1.00. The SMILES string of the molecule is Cc1ccc(CNCc2ccco2)cc1N(c1ccccc1)c1ncc(C)c(-c2ccc(OC(F)(F)F)cc2)n1. The van der Waals surface area contributed by atoms with Crippen LogP contribution in [0.25, 0.3) is 11.3 Å². The van der Waals surface area contributed by atoms with Crippen molar-refractivity contribution in [1.82, 2.24) is 15.3 Å². The molecule has 0 atom stereocenters. The van der Waals surface area contributed by atoms with Crippen LogP contribution in [-0.4, -0.2) is 16.3 Å². The minimum absolute atomic E-state index is 0.290. The third kappa shape index (κ3) is 6.50. The van der Waals surface area contributed by atoms with Crippen molar-refractivity contribution >= 4 is 17.3 Å². The van der Waals surface area contributed by atoms with E-state index in [-0.39, 0.29) is 5.75 Å². The fourth-order valence-corrected chi connectivity index (χ4v) is 4.34. The third-order valence-electron chi connectivity index (χ3n) is 6.26. The van der Waals surface area contributed by atoms with E-state index in [1.165, 1.54) is 12.1 Å². The van der Waals surface area contributed by atoms with Crippen LogP contribution in [0.5, 0.6) is 5.75 Å². The summed E-state index contributed by atoms with van der Waals surface area (Å²) in [5, 5.41) is 3.40. The summed E-state index contributed by atoms with van der Waals surface area (Å²) < 4.78 is 47.3. The van der Waals surface area contributed by atoms with Crippen LogP contribution in [0, 0.1) is 13.8 Å². The van der Waals surface area contributed by atoms with Crippen LogP contribution in [0.1, 0.15) is 22.5 Å². The number of aryl methyl sites for hydroxylation is 2. The highest BCUT2D eigenvalue weighted by atomic mass is 19.4. The summed E-state index contributed by atoms with van der Waals surface area (Å²) in [6, 6.07) is 25.5. The van der Waals surface area contributed by atoms with Crippen molar-refractivity contribution in [3.63, 3.8) is 0 Å². The van der Waals surface area contributed by atoms with Crippen LogP contribution in [0.2, 0.25) is 0 Å². The van der Waals surface area contributed by atoms with Crippen molar-refractivity contribution in [3.05, 3.63) is 120 Å². The molecule has 0 aliphatic carbocycles. The first-order valence-electron chi connectivity index (χ1n) is 12.6. The van der Waals surface area contributed by atoms with E-state index in [2.05, 4.69) is 33.2 Å². The minimum Gasteiger partial charge on any atom is -0.468 e. The van der Waals surface area contributed by atoms with Crippen LogP contribution in [-0.2, 0) is 13.1 Å². The van der Waals surface area contributed by atoms with E-state index in [9.17, 15) is 13.2 Å². The van der Waals surface area contributed by atoms with E-state index >= 15 is 0 Å². The number of furan rings is 1. The van der Waals surface area contributed by atoms with Crippen LogP contribution < -0.4 is 15.0 Å². The van der Waals surface area contributed by atoms with Gasteiger partial charge in [-0.25, -0.2) is 9.97 Å². The number of anilines is 3. The monoisotopic (exact) mass is 544 g/mol. The molecule has 2 aromatic heterocycles. The van der Waals surface area contributed by atoms with Gasteiger partial charge in [0.05, 0.1) is 24.2 Å². The number of halogens is 3. The molecular weight excluding hydrogens is 517 g/mol. The van der Waals surface area contributed by atoms with Crippen molar-refractivity contribution in [2.24, 2.45) is 0 Å². The summed E-state index contributed by atoms with van der Waals surface area (Å²) >= 11 is 0. The van der Waals surface area contributed by atoms with Crippen molar-refractivity contribution in [2.75, 3.05) is 4.90 Å². The minimum atomic E-state index is -4.75. The molecule has 9 heteroatoms. The fraction of sp³-hybridized carbons (Fsp3) is 0.161. The van der Waals surface area contributed by atoms with Gasteiger partial charge in [0.25, 0.3) is 0 Å². The largest absolute Gasteiger partial charge is 0.573 e. The molecule has 0 radical (unpaired) electrons. The molecule has 5 rings (SSSR count).